The molecule has 1 heterocycles. The molecule has 0 aromatic heterocycles. The van der Waals surface area contributed by atoms with Gasteiger partial charge in [0.15, 0.2) is 0 Å². The molecule has 2 N–H and O–H groups in total. The molecule has 3 atom stereocenters. The number of nitrogens with zero attached hydrogens (tertiary/aromatic N) is 1. The first kappa shape index (κ1) is 15.4. The summed E-state index contributed by atoms with van der Waals surface area (Å²) in [4.78, 5) is 13.8. The van der Waals surface area contributed by atoms with E-state index in [4.69, 9.17) is 10.5 Å². The van der Waals surface area contributed by atoms with Crippen molar-refractivity contribution in [3.63, 3.8) is 0 Å². The van der Waals surface area contributed by atoms with E-state index in [2.05, 4.69) is 0 Å². The van der Waals surface area contributed by atoms with Gasteiger partial charge in [-0.1, -0.05) is 0 Å². The average molecular weight is 278 g/mol. The van der Waals surface area contributed by atoms with Crippen LogP contribution in [0.25, 0.3) is 0 Å². The fraction of sp³-hybridized carbons (Fsp3) is 0.909. The summed E-state index contributed by atoms with van der Waals surface area (Å²) in [5.74, 6) is -0.255. The number of sulfone groups is 1. The highest BCUT2D eigenvalue weighted by Gasteiger charge is 2.30. The molecule has 1 fully saturated rings. The van der Waals surface area contributed by atoms with Gasteiger partial charge in [-0.3, -0.25) is 4.79 Å². The van der Waals surface area contributed by atoms with E-state index in [1.807, 2.05) is 13.8 Å². The van der Waals surface area contributed by atoms with E-state index < -0.39 is 15.9 Å². The zero-order valence-corrected chi connectivity index (χ0v) is 11.9. The first-order chi connectivity index (χ1) is 8.20. The molecule has 1 amide bonds. The van der Waals surface area contributed by atoms with Gasteiger partial charge in [-0.2, -0.15) is 0 Å². The Bertz CT molecular complexity index is 396. The van der Waals surface area contributed by atoms with Crippen molar-refractivity contribution >= 4 is 15.7 Å². The smallest absolute Gasteiger partial charge is 0.239 e. The lowest BCUT2D eigenvalue weighted by Crippen LogP contribution is -2.55. The molecule has 0 aromatic carbocycles. The van der Waals surface area contributed by atoms with Crippen molar-refractivity contribution in [2.45, 2.75) is 38.5 Å². The van der Waals surface area contributed by atoms with Gasteiger partial charge in [0.1, 0.15) is 9.84 Å². The standard InChI is InChI=1S/C11H22N2O4S/c1-8-7-17-9(2)6-13(8)11(14)10(12)4-5-18(3,15)16/h8-10H,4-7,12H2,1-3H3. The molecule has 0 aromatic rings. The van der Waals surface area contributed by atoms with Gasteiger partial charge < -0.3 is 15.4 Å². The molecule has 6 nitrogen and oxygen atoms in total. The van der Waals surface area contributed by atoms with E-state index in [1.54, 1.807) is 4.90 Å². The summed E-state index contributed by atoms with van der Waals surface area (Å²) >= 11 is 0. The zero-order chi connectivity index (χ0) is 13.9. The Balaban J connectivity index is 2.57. The third kappa shape index (κ3) is 4.55. The largest absolute Gasteiger partial charge is 0.375 e. The molecule has 0 bridgehead atoms. The molecule has 1 aliphatic rings. The minimum atomic E-state index is -3.08. The number of morpholine rings is 1. The second-order valence-corrected chi connectivity index (χ2v) is 7.27. The number of ether oxygens (including phenoxy) is 1. The fourth-order valence-electron chi connectivity index (χ4n) is 1.89. The maximum atomic E-state index is 12.1. The van der Waals surface area contributed by atoms with Crippen LogP contribution in [-0.4, -0.2) is 62.6 Å². The minimum Gasteiger partial charge on any atom is -0.375 e. The lowest BCUT2D eigenvalue weighted by Gasteiger charge is -2.38. The Labute approximate surface area is 108 Å². The van der Waals surface area contributed by atoms with Crippen LogP contribution in [0.2, 0.25) is 0 Å². The van der Waals surface area contributed by atoms with Gasteiger partial charge in [-0.05, 0) is 20.3 Å². The van der Waals surface area contributed by atoms with Gasteiger partial charge >= 0.3 is 0 Å². The van der Waals surface area contributed by atoms with Crippen molar-refractivity contribution in [1.29, 1.82) is 0 Å². The molecule has 7 heteroatoms. The number of hydrogen-bond donors (Lipinski definition) is 1. The maximum Gasteiger partial charge on any atom is 0.239 e. The third-order valence-corrected chi connectivity index (χ3v) is 3.99. The molecule has 1 rings (SSSR count). The summed E-state index contributed by atoms with van der Waals surface area (Å²) in [7, 11) is -3.08. The average Bonchev–Trinajstić information content (AvgIpc) is 2.27. The van der Waals surface area contributed by atoms with Crippen LogP contribution in [0.4, 0.5) is 0 Å². The number of nitrogens with two attached hydrogens (primary N) is 1. The van der Waals surface area contributed by atoms with Crippen LogP contribution in [-0.2, 0) is 19.4 Å². The number of hydrogen-bond acceptors (Lipinski definition) is 5. The molecule has 0 radical (unpaired) electrons. The van der Waals surface area contributed by atoms with E-state index >= 15 is 0 Å². The fourth-order valence-corrected chi connectivity index (χ4v) is 2.57. The highest BCUT2D eigenvalue weighted by molar-refractivity contribution is 7.90. The normalized spacial score (nSPS) is 27.0. The van der Waals surface area contributed by atoms with Crippen molar-refractivity contribution in [3.8, 4) is 0 Å². The predicted molar refractivity (Wildman–Crippen MR) is 68.9 cm³/mol. The maximum absolute atomic E-state index is 12.1. The number of carbonyl (C=O) groups is 1. The van der Waals surface area contributed by atoms with Crippen LogP contribution in [0.5, 0.6) is 0 Å². The van der Waals surface area contributed by atoms with Crippen LogP contribution in [0, 0.1) is 0 Å². The summed E-state index contributed by atoms with van der Waals surface area (Å²) in [6, 6.07) is -0.773. The SMILES string of the molecule is CC1CN(C(=O)C(N)CCS(C)(=O)=O)C(C)CO1. The van der Waals surface area contributed by atoms with E-state index in [-0.39, 0.29) is 30.2 Å². The molecule has 1 saturated heterocycles. The molecule has 18 heavy (non-hydrogen) atoms. The third-order valence-electron chi connectivity index (χ3n) is 3.01. The molecule has 3 unspecified atom stereocenters. The summed E-state index contributed by atoms with van der Waals surface area (Å²) in [5.41, 5.74) is 5.77. The summed E-state index contributed by atoms with van der Waals surface area (Å²) in [5, 5.41) is 0. The van der Waals surface area contributed by atoms with Crippen LogP contribution < -0.4 is 5.73 Å². The number of amides is 1. The van der Waals surface area contributed by atoms with Gasteiger partial charge in [0, 0.05) is 12.8 Å². The Morgan fingerprint density at radius 1 is 1.50 bits per heavy atom. The molecular weight excluding hydrogens is 256 g/mol. The van der Waals surface area contributed by atoms with Crippen molar-refractivity contribution in [1.82, 2.24) is 4.90 Å². The molecule has 106 valence electrons. The molecule has 0 aliphatic carbocycles. The topological polar surface area (TPSA) is 89.7 Å². The summed E-state index contributed by atoms with van der Waals surface area (Å²) < 4.78 is 27.5. The zero-order valence-electron chi connectivity index (χ0n) is 11.1. The van der Waals surface area contributed by atoms with Crippen molar-refractivity contribution in [2.24, 2.45) is 5.73 Å². The van der Waals surface area contributed by atoms with Gasteiger partial charge in [-0.25, -0.2) is 8.42 Å². The van der Waals surface area contributed by atoms with E-state index in [0.717, 1.165) is 6.26 Å². The van der Waals surface area contributed by atoms with Crippen molar-refractivity contribution < 1.29 is 17.9 Å². The highest BCUT2D eigenvalue weighted by Crippen LogP contribution is 2.13. The van der Waals surface area contributed by atoms with Crippen LogP contribution >= 0.6 is 0 Å². The first-order valence-corrected chi connectivity index (χ1v) is 8.12. The van der Waals surface area contributed by atoms with Gasteiger partial charge in [-0.15, -0.1) is 0 Å². The number of rotatable bonds is 4. The Morgan fingerprint density at radius 2 is 2.11 bits per heavy atom. The monoisotopic (exact) mass is 278 g/mol. The highest BCUT2D eigenvalue weighted by atomic mass is 32.2. The van der Waals surface area contributed by atoms with Gasteiger partial charge in [0.2, 0.25) is 5.91 Å². The quantitative estimate of drug-likeness (QED) is 0.740. The van der Waals surface area contributed by atoms with E-state index in [1.165, 1.54) is 0 Å². The Morgan fingerprint density at radius 3 is 2.67 bits per heavy atom. The van der Waals surface area contributed by atoms with Crippen LogP contribution in [0.3, 0.4) is 0 Å². The Hall–Kier alpha value is -0.660. The summed E-state index contributed by atoms with van der Waals surface area (Å²) in [6.45, 7) is 4.79. The second kappa shape index (κ2) is 5.99. The second-order valence-electron chi connectivity index (χ2n) is 5.01. The van der Waals surface area contributed by atoms with Crippen molar-refractivity contribution in [3.05, 3.63) is 0 Å². The van der Waals surface area contributed by atoms with Gasteiger partial charge in [0.25, 0.3) is 0 Å². The lowest BCUT2D eigenvalue weighted by atomic mass is 10.1. The van der Waals surface area contributed by atoms with E-state index in [9.17, 15) is 13.2 Å². The van der Waals surface area contributed by atoms with Crippen LogP contribution in [0.1, 0.15) is 20.3 Å². The number of carbonyl (C=O) groups excluding carboxylic acids is 1. The Kier molecular flexibility index (Phi) is 5.12. The molecule has 0 spiro atoms. The first-order valence-electron chi connectivity index (χ1n) is 6.06. The molecular formula is C11H22N2O4S. The van der Waals surface area contributed by atoms with E-state index in [0.29, 0.717) is 13.2 Å². The van der Waals surface area contributed by atoms with Crippen molar-refractivity contribution in [2.75, 3.05) is 25.2 Å². The van der Waals surface area contributed by atoms with Gasteiger partial charge in [0.05, 0.1) is 30.5 Å². The lowest BCUT2D eigenvalue weighted by molar-refractivity contribution is -0.144. The molecule has 1 aliphatic heterocycles. The predicted octanol–water partition coefficient (Wildman–Crippen LogP) is -0.616. The van der Waals surface area contributed by atoms with Crippen LogP contribution in [0.15, 0.2) is 0 Å². The molecule has 0 saturated carbocycles. The summed E-state index contributed by atoms with van der Waals surface area (Å²) in [6.07, 6.45) is 1.30. The minimum absolute atomic E-state index is 0.00717.